The maximum absolute atomic E-state index is 12.2. The van der Waals surface area contributed by atoms with E-state index in [1.165, 1.54) is 12.2 Å². The van der Waals surface area contributed by atoms with Gasteiger partial charge in [0.15, 0.2) is 5.69 Å². The van der Waals surface area contributed by atoms with E-state index >= 15 is 0 Å². The normalized spacial score (nSPS) is 10.9. The number of hydrogen-bond donors (Lipinski definition) is 3. The molecule has 0 radical (unpaired) electrons. The monoisotopic (exact) mass is 338 g/mol. The van der Waals surface area contributed by atoms with E-state index in [0.717, 1.165) is 5.76 Å². The van der Waals surface area contributed by atoms with Gasteiger partial charge in [0.2, 0.25) is 0 Å². The van der Waals surface area contributed by atoms with Crippen molar-refractivity contribution in [3.05, 3.63) is 70.0 Å². The van der Waals surface area contributed by atoms with Crippen LogP contribution in [0.1, 0.15) is 22.0 Å². The van der Waals surface area contributed by atoms with Crippen molar-refractivity contribution in [3.8, 4) is 0 Å². The lowest BCUT2D eigenvalue weighted by Crippen LogP contribution is -2.41. The van der Waals surface area contributed by atoms with E-state index in [1.807, 2.05) is 0 Å². The third-order valence-corrected chi connectivity index (χ3v) is 3.37. The standard InChI is InChI=1S/C17H14N4O4/c1-10-6-7-11(25-10)8-9-14(22)18-21-17(24)15-12-4-2-3-5-13(12)16(23)20-19-15/h2-9H,1H3,(H,18,22)(H,20,23)(H,21,24)/b9-8+. The summed E-state index contributed by atoms with van der Waals surface area (Å²) in [7, 11) is 0. The Kier molecular flexibility index (Phi) is 4.42. The summed E-state index contributed by atoms with van der Waals surface area (Å²) in [5.41, 5.74) is 4.09. The van der Waals surface area contributed by atoms with E-state index in [0.29, 0.717) is 16.5 Å². The number of carbonyl (C=O) groups is 2. The highest BCUT2D eigenvalue weighted by molar-refractivity contribution is 6.05. The number of benzene rings is 1. The summed E-state index contributed by atoms with van der Waals surface area (Å²) in [4.78, 5) is 35.6. The van der Waals surface area contributed by atoms with Crippen molar-refractivity contribution in [2.45, 2.75) is 6.92 Å². The van der Waals surface area contributed by atoms with Crippen LogP contribution in [0.25, 0.3) is 16.8 Å². The van der Waals surface area contributed by atoms with Gasteiger partial charge in [-0.3, -0.25) is 25.2 Å². The third kappa shape index (κ3) is 3.63. The fourth-order valence-corrected chi connectivity index (χ4v) is 2.21. The van der Waals surface area contributed by atoms with Gasteiger partial charge in [-0.25, -0.2) is 5.10 Å². The molecule has 0 aliphatic carbocycles. The Morgan fingerprint density at radius 1 is 1.12 bits per heavy atom. The second-order valence-corrected chi connectivity index (χ2v) is 5.17. The van der Waals surface area contributed by atoms with Crippen LogP contribution in [0.5, 0.6) is 0 Å². The average molecular weight is 338 g/mol. The predicted octanol–water partition coefficient (Wildman–Crippen LogP) is 1.30. The number of nitrogens with zero attached hydrogens (tertiary/aromatic N) is 1. The molecule has 3 aromatic rings. The van der Waals surface area contributed by atoms with Gasteiger partial charge in [0, 0.05) is 11.5 Å². The molecule has 2 aromatic heterocycles. The van der Waals surface area contributed by atoms with Crippen molar-refractivity contribution in [3.63, 3.8) is 0 Å². The summed E-state index contributed by atoms with van der Waals surface area (Å²) in [6.45, 7) is 1.79. The van der Waals surface area contributed by atoms with Gasteiger partial charge in [0.05, 0.1) is 5.39 Å². The molecular weight excluding hydrogens is 324 g/mol. The minimum Gasteiger partial charge on any atom is -0.462 e. The first-order chi connectivity index (χ1) is 12.0. The van der Waals surface area contributed by atoms with Crippen molar-refractivity contribution < 1.29 is 14.0 Å². The number of H-pyrrole nitrogens is 1. The molecule has 0 bridgehead atoms. The Bertz CT molecular complexity index is 1030. The number of fused-ring (bicyclic) bond motifs is 1. The van der Waals surface area contributed by atoms with Crippen LogP contribution in [0.2, 0.25) is 0 Å². The molecule has 8 heteroatoms. The van der Waals surface area contributed by atoms with Gasteiger partial charge in [-0.2, -0.15) is 5.10 Å². The van der Waals surface area contributed by atoms with Crippen molar-refractivity contribution in [2.75, 3.05) is 0 Å². The Morgan fingerprint density at radius 2 is 1.88 bits per heavy atom. The molecule has 3 rings (SSSR count). The smallest absolute Gasteiger partial charge is 0.290 e. The minimum atomic E-state index is -0.650. The summed E-state index contributed by atoms with van der Waals surface area (Å²) >= 11 is 0. The lowest BCUT2D eigenvalue weighted by molar-refractivity contribution is -0.117. The molecule has 0 unspecified atom stereocenters. The highest BCUT2D eigenvalue weighted by atomic mass is 16.3. The van der Waals surface area contributed by atoms with E-state index in [1.54, 1.807) is 43.3 Å². The molecule has 0 aliphatic heterocycles. The summed E-state index contributed by atoms with van der Waals surface area (Å²) in [5, 5.41) is 6.73. The van der Waals surface area contributed by atoms with Gasteiger partial charge in [0.1, 0.15) is 11.5 Å². The predicted molar refractivity (Wildman–Crippen MR) is 90.5 cm³/mol. The maximum atomic E-state index is 12.2. The van der Waals surface area contributed by atoms with Crippen LogP contribution < -0.4 is 16.4 Å². The van der Waals surface area contributed by atoms with Crippen molar-refractivity contribution in [1.29, 1.82) is 0 Å². The molecule has 0 saturated carbocycles. The molecule has 2 heterocycles. The number of furan rings is 1. The molecule has 0 spiro atoms. The van der Waals surface area contributed by atoms with Gasteiger partial charge in [0.25, 0.3) is 17.4 Å². The quantitative estimate of drug-likeness (QED) is 0.491. The highest BCUT2D eigenvalue weighted by Gasteiger charge is 2.14. The number of aromatic nitrogens is 2. The summed E-state index contributed by atoms with van der Waals surface area (Å²) in [5.74, 6) is 0.0517. The lowest BCUT2D eigenvalue weighted by atomic mass is 10.1. The topological polar surface area (TPSA) is 117 Å². The molecule has 8 nitrogen and oxygen atoms in total. The fraction of sp³-hybridized carbons (Fsp3) is 0.0588. The van der Waals surface area contributed by atoms with Crippen molar-refractivity contribution in [1.82, 2.24) is 21.0 Å². The zero-order valence-corrected chi connectivity index (χ0v) is 13.2. The third-order valence-electron chi connectivity index (χ3n) is 3.37. The van der Waals surface area contributed by atoms with Crippen LogP contribution in [-0.2, 0) is 4.79 Å². The number of aryl methyl sites for hydroxylation is 1. The number of hydrazine groups is 1. The number of rotatable bonds is 3. The molecule has 0 atom stereocenters. The summed E-state index contributed by atoms with van der Waals surface area (Å²) in [6, 6.07) is 10.0. The number of aromatic amines is 1. The van der Waals surface area contributed by atoms with Crippen LogP contribution in [0, 0.1) is 6.92 Å². The first-order valence-corrected chi connectivity index (χ1v) is 7.37. The van der Waals surface area contributed by atoms with Crippen molar-refractivity contribution in [2.24, 2.45) is 0 Å². The molecule has 0 fully saturated rings. The van der Waals surface area contributed by atoms with Crippen LogP contribution in [0.15, 0.2) is 51.7 Å². The molecular formula is C17H14N4O4. The number of carbonyl (C=O) groups excluding carboxylic acids is 2. The lowest BCUT2D eigenvalue weighted by Gasteiger charge is -2.06. The van der Waals surface area contributed by atoms with E-state index in [-0.39, 0.29) is 5.69 Å². The molecule has 25 heavy (non-hydrogen) atoms. The van der Waals surface area contributed by atoms with Gasteiger partial charge < -0.3 is 4.42 Å². The molecule has 1 aromatic carbocycles. The SMILES string of the molecule is Cc1ccc(/C=C/C(=O)NNC(=O)c2n[nH]c(=O)c3ccccc23)o1. The van der Waals surface area contributed by atoms with Gasteiger partial charge >= 0.3 is 0 Å². The largest absolute Gasteiger partial charge is 0.462 e. The van der Waals surface area contributed by atoms with E-state index in [9.17, 15) is 14.4 Å². The second-order valence-electron chi connectivity index (χ2n) is 5.17. The Balaban J connectivity index is 1.69. The second kappa shape index (κ2) is 6.83. The van der Waals surface area contributed by atoms with E-state index in [2.05, 4.69) is 21.0 Å². The van der Waals surface area contributed by atoms with E-state index < -0.39 is 17.4 Å². The molecule has 3 N–H and O–H groups in total. The van der Waals surface area contributed by atoms with Crippen LogP contribution >= 0.6 is 0 Å². The Hall–Kier alpha value is -3.68. The Morgan fingerprint density at radius 3 is 2.60 bits per heavy atom. The maximum Gasteiger partial charge on any atom is 0.290 e. The van der Waals surface area contributed by atoms with Gasteiger partial charge in [-0.05, 0) is 31.2 Å². The molecule has 0 aliphatic rings. The van der Waals surface area contributed by atoms with Crippen molar-refractivity contribution >= 4 is 28.7 Å². The number of nitrogens with one attached hydrogen (secondary N) is 3. The van der Waals surface area contributed by atoms with Crippen LogP contribution in [0.3, 0.4) is 0 Å². The summed E-state index contributed by atoms with van der Waals surface area (Å²) in [6.07, 6.45) is 2.69. The first-order valence-electron chi connectivity index (χ1n) is 7.37. The van der Waals surface area contributed by atoms with E-state index in [4.69, 9.17) is 4.42 Å². The minimum absolute atomic E-state index is 0.00105. The first kappa shape index (κ1) is 16.2. The van der Waals surface area contributed by atoms with Crippen LogP contribution in [0.4, 0.5) is 0 Å². The molecule has 0 saturated heterocycles. The molecule has 2 amide bonds. The zero-order chi connectivity index (χ0) is 17.8. The average Bonchev–Trinajstić information content (AvgIpc) is 3.04. The van der Waals surface area contributed by atoms with Gasteiger partial charge in [-0.1, -0.05) is 18.2 Å². The zero-order valence-electron chi connectivity index (χ0n) is 13.2. The highest BCUT2D eigenvalue weighted by Crippen LogP contribution is 2.11. The number of hydrogen-bond acceptors (Lipinski definition) is 5. The number of amides is 2. The van der Waals surface area contributed by atoms with Crippen LogP contribution in [-0.4, -0.2) is 22.0 Å². The Labute approximate surface area is 141 Å². The fourth-order valence-electron chi connectivity index (χ4n) is 2.21. The molecule has 126 valence electrons. The summed E-state index contributed by atoms with van der Waals surface area (Å²) < 4.78 is 5.29. The van der Waals surface area contributed by atoms with Gasteiger partial charge in [-0.15, -0.1) is 0 Å².